The van der Waals surface area contributed by atoms with Gasteiger partial charge in [-0.1, -0.05) is 6.07 Å². The van der Waals surface area contributed by atoms with E-state index in [1.54, 1.807) is 18.2 Å². The normalized spacial score (nSPS) is 16.9. The van der Waals surface area contributed by atoms with E-state index in [0.29, 0.717) is 23.6 Å². The summed E-state index contributed by atoms with van der Waals surface area (Å²) >= 11 is 0. The molecule has 6 nitrogen and oxygen atoms in total. The Balaban J connectivity index is 2.60. The molecule has 0 fully saturated rings. The Morgan fingerprint density at radius 2 is 2.25 bits per heavy atom. The Hall–Kier alpha value is -1.76. The smallest absolute Gasteiger partial charge is 0.344 e. The molecule has 1 aliphatic rings. The van der Waals surface area contributed by atoms with E-state index in [0.717, 1.165) is 0 Å². The standard InChI is InChI=1S/C9H11N3O3S/c1-2-15-7-5-3-4-6-8(7)9(10)12-16(13,14)11-6/h3-5,11H,2H2,1H3,(H2,10,12). The van der Waals surface area contributed by atoms with Gasteiger partial charge in [0.05, 0.1) is 17.9 Å². The number of hydrogen-bond donors (Lipinski definition) is 2. The van der Waals surface area contributed by atoms with Gasteiger partial charge in [-0.05, 0) is 19.1 Å². The first kappa shape index (κ1) is 10.7. The molecule has 0 atom stereocenters. The van der Waals surface area contributed by atoms with Crippen LogP contribution >= 0.6 is 0 Å². The second-order valence-electron chi connectivity index (χ2n) is 3.17. The van der Waals surface area contributed by atoms with Gasteiger partial charge in [-0.15, -0.1) is 4.40 Å². The third kappa shape index (κ3) is 1.81. The maximum absolute atomic E-state index is 11.3. The highest BCUT2D eigenvalue weighted by atomic mass is 32.2. The van der Waals surface area contributed by atoms with Gasteiger partial charge in [0, 0.05) is 0 Å². The molecule has 16 heavy (non-hydrogen) atoms. The number of rotatable bonds is 2. The van der Waals surface area contributed by atoms with Crippen LogP contribution in [0.15, 0.2) is 22.6 Å². The van der Waals surface area contributed by atoms with E-state index in [4.69, 9.17) is 10.5 Å². The van der Waals surface area contributed by atoms with Crippen molar-refractivity contribution in [3.05, 3.63) is 23.8 Å². The van der Waals surface area contributed by atoms with Crippen LogP contribution in [-0.4, -0.2) is 20.9 Å². The number of nitrogens with two attached hydrogens (primary N) is 1. The zero-order valence-corrected chi connectivity index (χ0v) is 9.41. The second-order valence-corrected chi connectivity index (χ2v) is 4.50. The quantitative estimate of drug-likeness (QED) is 0.786. The first-order valence-electron chi connectivity index (χ1n) is 4.68. The number of hydrogen-bond acceptors (Lipinski definition) is 4. The highest BCUT2D eigenvalue weighted by molar-refractivity contribution is 7.91. The van der Waals surface area contributed by atoms with Crippen LogP contribution in [0, 0.1) is 0 Å². The minimum atomic E-state index is -3.72. The van der Waals surface area contributed by atoms with Gasteiger partial charge in [0.15, 0.2) is 5.84 Å². The topological polar surface area (TPSA) is 93.8 Å². The van der Waals surface area contributed by atoms with Crippen molar-refractivity contribution >= 4 is 21.7 Å². The molecule has 86 valence electrons. The average Bonchev–Trinajstić information content (AvgIpc) is 2.15. The largest absolute Gasteiger partial charge is 0.493 e. The lowest BCUT2D eigenvalue weighted by molar-refractivity contribution is 0.340. The lowest BCUT2D eigenvalue weighted by Gasteiger charge is -2.18. The van der Waals surface area contributed by atoms with E-state index >= 15 is 0 Å². The zero-order valence-electron chi connectivity index (χ0n) is 8.60. The highest BCUT2D eigenvalue weighted by Crippen LogP contribution is 2.30. The Morgan fingerprint density at radius 3 is 2.94 bits per heavy atom. The Labute approximate surface area is 93.3 Å². The number of anilines is 1. The van der Waals surface area contributed by atoms with E-state index in [1.165, 1.54) is 0 Å². The number of nitrogens with one attached hydrogen (secondary N) is 1. The summed E-state index contributed by atoms with van der Waals surface area (Å²) in [5, 5.41) is 0. The van der Waals surface area contributed by atoms with Crippen LogP contribution in [0.1, 0.15) is 12.5 Å². The van der Waals surface area contributed by atoms with Crippen molar-refractivity contribution in [1.82, 2.24) is 0 Å². The number of amidine groups is 1. The lowest BCUT2D eigenvalue weighted by atomic mass is 10.1. The Bertz CT molecular complexity index is 551. The number of benzene rings is 1. The molecule has 0 aliphatic carbocycles. The molecule has 0 saturated carbocycles. The van der Waals surface area contributed by atoms with Crippen LogP contribution < -0.4 is 15.2 Å². The van der Waals surface area contributed by atoms with E-state index in [9.17, 15) is 8.42 Å². The molecule has 1 aromatic rings. The summed E-state index contributed by atoms with van der Waals surface area (Å²) in [7, 11) is -3.72. The minimum Gasteiger partial charge on any atom is -0.493 e. The summed E-state index contributed by atoms with van der Waals surface area (Å²) in [5.41, 5.74) is 6.48. The second kappa shape index (κ2) is 3.67. The monoisotopic (exact) mass is 241 g/mol. The number of ether oxygens (including phenoxy) is 1. The van der Waals surface area contributed by atoms with Gasteiger partial charge in [-0.25, -0.2) is 0 Å². The van der Waals surface area contributed by atoms with Crippen LogP contribution in [-0.2, 0) is 10.2 Å². The molecule has 1 aromatic carbocycles. The third-order valence-corrected chi connectivity index (χ3v) is 2.95. The first-order chi connectivity index (χ1) is 7.53. The molecule has 0 amide bonds. The van der Waals surface area contributed by atoms with Gasteiger partial charge < -0.3 is 10.5 Å². The highest BCUT2D eigenvalue weighted by Gasteiger charge is 2.23. The van der Waals surface area contributed by atoms with Gasteiger partial charge >= 0.3 is 10.2 Å². The molecule has 0 saturated heterocycles. The zero-order chi connectivity index (χ0) is 11.8. The summed E-state index contributed by atoms with van der Waals surface area (Å²) in [6.07, 6.45) is 0. The van der Waals surface area contributed by atoms with Crippen molar-refractivity contribution < 1.29 is 13.2 Å². The summed E-state index contributed by atoms with van der Waals surface area (Å²) in [5.74, 6) is 0.460. The molecule has 1 aliphatic heterocycles. The first-order valence-corrected chi connectivity index (χ1v) is 6.12. The van der Waals surface area contributed by atoms with Crippen molar-refractivity contribution in [3.8, 4) is 5.75 Å². The lowest BCUT2D eigenvalue weighted by Crippen LogP contribution is -2.26. The Morgan fingerprint density at radius 1 is 1.50 bits per heavy atom. The van der Waals surface area contributed by atoms with Gasteiger partial charge in [0.1, 0.15) is 5.75 Å². The number of nitrogens with zero attached hydrogens (tertiary/aromatic N) is 1. The molecule has 3 N–H and O–H groups in total. The predicted molar refractivity (Wildman–Crippen MR) is 60.9 cm³/mol. The Kier molecular flexibility index (Phi) is 2.47. The molecule has 7 heteroatoms. The maximum Gasteiger partial charge on any atom is 0.344 e. The molecule has 0 bridgehead atoms. The predicted octanol–water partition coefficient (Wildman–Crippen LogP) is 0.461. The minimum absolute atomic E-state index is 0.0576. The third-order valence-electron chi connectivity index (χ3n) is 2.04. The van der Waals surface area contributed by atoms with Crippen LogP contribution in [0.2, 0.25) is 0 Å². The van der Waals surface area contributed by atoms with E-state index in [1.807, 2.05) is 6.92 Å². The summed E-state index contributed by atoms with van der Waals surface area (Å²) < 4.78 is 33.6. The van der Waals surface area contributed by atoms with Gasteiger partial charge in [0.2, 0.25) is 0 Å². The SMILES string of the molecule is CCOc1cccc2c1C(N)=NS(=O)(=O)N2. The van der Waals surface area contributed by atoms with Crippen molar-refractivity contribution in [1.29, 1.82) is 0 Å². The van der Waals surface area contributed by atoms with Crippen molar-refractivity contribution in [2.45, 2.75) is 6.92 Å². The molecule has 2 rings (SSSR count). The van der Waals surface area contributed by atoms with Gasteiger partial charge in [0.25, 0.3) is 0 Å². The molecule has 1 heterocycles. The molecular formula is C9H11N3O3S. The average molecular weight is 241 g/mol. The van der Waals surface area contributed by atoms with Crippen molar-refractivity contribution in [2.75, 3.05) is 11.3 Å². The van der Waals surface area contributed by atoms with Crippen LogP contribution in [0.25, 0.3) is 0 Å². The fraction of sp³-hybridized carbons (Fsp3) is 0.222. The van der Waals surface area contributed by atoms with Crippen LogP contribution in [0.4, 0.5) is 5.69 Å². The molecule has 0 unspecified atom stereocenters. The molecule has 0 radical (unpaired) electrons. The van der Waals surface area contributed by atoms with Gasteiger partial charge in [-0.2, -0.15) is 8.42 Å². The molecular weight excluding hydrogens is 230 g/mol. The van der Waals surface area contributed by atoms with Crippen molar-refractivity contribution in [3.63, 3.8) is 0 Å². The van der Waals surface area contributed by atoms with Crippen LogP contribution in [0.5, 0.6) is 5.75 Å². The molecule has 0 spiro atoms. The fourth-order valence-electron chi connectivity index (χ4n) is 1.49. The van der Waals surface area contributed by atoms with Crippen molar-refractivity contribution in [2.24, 2.45) is 10.1 Å². The maximum atomic E-state index is 11.3. The van der Waals surface area contributed by atoms with Gasteiger partial charge in [-0.3, -0.25) is 4.72 Å². The summed E-state index contributed by atoms with van der Waals surface area (Å²) in [6.45, 7) is 2.30. The van der Waals surface area contributed by atoms with E-state index < -0.39 is 10.2 Å². The van der Waals surface area contributed by atoms with E-state index in [2.05, 4.69) is 9.12 Å². The van der Waals surface area contributed by atoms with E-state index in [-0.39, 0.29) is 5.84 Å². The summed E-state index contributed by atoms with van der Waals surface area (Å²) in [6, 6.07) is 5.01. The van der Waals surface area contributed by atoms with Crippen LogP contribution in [0.3, 0.4) is 0 Å². The molecule has 0 aromatic heterocycles. The fourth-order valence-corrected chi connectivity index (χ4v) is 2.34. The summed E-state index contributed by atoms with van der Waals surface area (Å²) in [4.78, 5) is 0. The number of fused-ring (bicyclic) bond motifs is 1.